The molecule has 1 heterocycles. The monoisotopic (exact) mass is 260 g/mol. The zero-order valence-electron chi connectivity index (χ0n) is 11.9. The van der Waals surface area contributed by atoms with Crippen molar-refractivity contribution in [1.29, 1.82) is 0 Å². The SMILES string of the molecule is CC(C)COC(=O)c1nn(C(C)C)c2ccccc12. The number of hydrogen-bond acceptors (Lipinski definition) is 3. The first-order valence-corrected chi connectivity index (χ1v) is 6.65. The Morgan fingerprint density at radius 1 is 1.26 bits per heavy atom. The summed E-state index contributed by atoms with van der Waals surface area (Å²) in [5.41, 5.74) is 1.37. The third kappa shape index (κ3) is 2.78. The number of ether oxygens (including phenoxy) is 1. The Balaban J connectivity index is 2.40. The fraction of sp³-hybridized carbons (Fsp3) is 0.467. The lowest BCUT2D eigenvalue weighted by Crippen LogP contribution is -2.12. The van der Waals surface area contributed by atoms with Crippen LogP contribution in [-0.4, -0.2) is 22.4 Å². The molecule has 0 saturated heterocycles. The van der Waals surface area contributed by atoms with Crippen molar-refractivity contribution in [2.24, 2.45) is 5.92 Å². The molecule has 2 rings (SSSR count). The standard InChI is InChI=1S/C15H20N2O2/c1-10(2)9-19-15(18)14-12-7-5-6-8-13(12)17(16-14)11(3)4/h5-8,10-11H,9H2,1-4H3. The third-order valence-electron chi connectivity index (χ3n) is 2.84. The van der Waals surface area contributed by atoms with E-state index in [2.05, 4.69) is 5.10 Å². The minimum Gasteiger partial charge on any atom is -0.461 e. The van der Waals surface area contributed by atoms with Gasteiger partial charge in [-0.2, -0.15) is 5.10 Å². The van der Waals surface area contributed by atoms with E-state index in [0.29, 0.717) is 18.2 Å². The highest BCUT2D eigenvalue weighted by molar-refractivity contribution is 6.02. The van der Waals surface area contributed by atoms with Crippen LogP contribution in [0, 0.1) is 5.92 Å². The Morgan fingerprint density at radius 3 is 2.58 bits per heavy atom. The van der Waals surface area contributed by atoms with Gasteiger partial charge in [0.25, 0.3) is 0 Å². The number of carbonyl (C=O) groups is 1. The molecule has 0 amide bonds. The molecule has 1 aromatic heterocycles. The van der Waals surface area contributed by atoms with E-state index in [4.69, 9.17) is 4.74 Å². The summed E-state index contributed by atoms with van der Waals surface area (Å²) in [5.74, 6) is -0.0216. The van der Waals surface area contributed by atoms with Crippen molar-refractivity contribution in [3.63, 3.8) is 0 Å². The molecule has 1 aromatic carbocycles. The van der Waals surface area contributed by atoms with E-state index in [1.807, 2.05) is 56.6 Å². The van der Waals surface area contributed by atoms with Crippen LogP contribution >= 0.6 is 0 Å². The van der Waals surface area contributed by atoms with Gasteiger partial charge in [0.1, 0.15) is 0 Å². The summed E-state index contributed by atoms with van der Waals surface area (Å²) >= 11 is 0. The molecule has 0 spiro atoms. The number of carbonyl (C=O) groups excluding carboxylic acids is 1. The van der Waals surface area contributed by atoms with Crippen molar-refractivity contribution < 1.29 is 9.53 Å². The highest BCUT2D eigenvalue weighted by Gasteiger charge is 2.19. The Labute approximate surface area is 113 Å². The van der Waals surface area contributed by atoms with Crippen LogP contribution in [0.25, 0.3) is 10.9 Å². The molecule has 102 valence electrons. The topological polar surface area (TPSA) is 44.1 Å². The number of esters is 1. The number of fused-ring (bicyclic) bond motifs is 1. The zero-order chi connectivity index (χ0) is 14.0. The summed E-state index contributed by atoms with van der Waals surface area (Å²) in [6, 6.07) is 7.95. The highest BCUT2D eigenvalue weighted by Crippen LogP contribution is 2.22. The number of benzene rings is 1. The number of aromatic nitrogens is 2. The van der Waals surface area contributed by atoms with Crippen LogP contribution < -0.4 is 0 Å². The van der Waals surface area contributed by atoms with Gasteiger partial charge >= 0.3 is 5.97 Å². The van der Waals surface area contributed by atoms with Crippen LogP contribution in [0.3, 0.4) is 0 Å². The summed E-state index contributed by atoms with van der Waals surface area (Å²) in [7, 11) is 0. The van der Waals surface area contributed by atoms with Gasteiger partial charge in [0.2, 0.25) is 0 Å². The molecule has 2 aromatic rings. The smallest absolute Gasteiger partial charge is 0.359 e. The van der Waals surface area contributed by atoms with Crippen molar-refractivity contribution in [2.75, 3.05) is 6.61 Å². The normalized spacial score (nSPS) is 11.5. The summed E-state index contributed by atoms with van der Waals surface area (Å²) in [6.07, 6.45) is 0. The Kier molecular flexibility index (Phi) is 3.88. The highest BCUT2D eigenvalue weighted by atomic mass is 16.5. The Bertz CT molecular complexity index is 585. The number of rotatable bonds is 4. The number of nitrogens with zero attached hydrogens (tertiary/aromatic N) is 2. The minimum absolute atomic E-state index is 0.205. The molecule has 0 N–H and O–H groups in total. The molecule has 0 fully saturated rings. The van der Waals surface area contributed by atoms with Crippen LogP contribution in [0.1, 0.15) is 44.2 Å². The van der Waals surface area contributed by atoms with Crippen molar-refractivity contribution >= 4 is 16.9 Å². The summed E-state index contributed by atoms with van der Waals surface area (Å²) in [4.78, 5) is 12.1. The average Bonchev–Trinajstić information content (AvgIpc) is 2.75. The van der Waals surface area contributed by atoms with E-state index < -0.39 is 0 Å². The Morgan fingerprint density at radius 2 is 1.95 bits per heavy atom. The van der Waals surface area contributed by atoms with Gasteiger partial charge in [-0.05, 0) is 25.8 Å². The van der Waals surface area contributed by atoms with Gasteiger partial charge in [0.05, 0.1) is 12.1 Å². The molecule has 0 aliphatic rings. The second-order valence-electron chi connectivity index (χ2n) is 5.40. The lowest BCUT2D eigenvalue weighted by atomic mass is 10.2. The zero-order valence-corrected chi connectivity index (χ0v) is 11.9. The predicted molar refractivity (Wildman–Crippen MR) is 75.2 cm³/mol. The first-order valence-electron chi connectivity index (χ1n) is 6.65. The van der Waals surface area contributed by atoms with E-state index in [1.165, 1.54) is 0 Å². The maximum atomic E-state index is 12.1. The van der Waals surface area contributed by atoms with Gasteiger partial charge in [0, 0.05) is 11.4 Å². The van der Waals surface area contributed by atoms with Crippen LogP contribution in [0.2, 0.25) is 0 Å². The van der Waals surface area contributed by atoms with Gasteiger partial charge in [-0.15, -0.1) is 0 Å². The molecule has 0 aliphatic heterocycles. The van der Waals surface area contributed by atoms with E-state index in [-0.39, 0.29) is 12.0 Å². The molecule has 0 aliphatic carbocycles. The second-order valence-corrected chi connectivity index (χ2v) is 5.40. The van der Waals surface area contributed by atoms with Crippen LogP contribution in [-0.2, 0) is 4.74 Å². The van der Waals surface area contributed by atoms with E-state index >= 15 is 0 Å². The molecule has 4 nitrogen and oxygen atoms in total. The summed E-state index contributed by atoms with van der Waals surface area (Å²) < 4.78 is 7.14. The molecule has 0 unspecified atom stereocenters. The van der Waals surface area contributed by atoms with Gasteiger partial charge in [-0.25, -0.2) is 4.79 Å². The molecule has 0 atom stereocenters. The fourth-order valence-electron chi connectivity index (χ4n) is 1.94. The molecule has 0 bridgehead atoms. The first-order chi connectivity index (χ1) is 9.00. The average molecular weight is 260 g/mol. The molecular formula is C15H20N2O2. The number of hydrogen-bond donors (Lipinski definition) is 0. The maximum Gasteiger partial charge on any atom is 0.359 e. The third-order valence-corrected chi connectivity index (χ3v) is 2.84. The van der Waals surface area contributed by atoms with Crippen molar-refractivity contribution in [3.8, 4) is 0 Å². The second kappa shape index (κ2) is 5.43. The molecule has 4 heteroatoms. The van der Waals surface area contributed by atoms with Gasteiger partial charge in [-0.1, -0.05) is 32.0 Å². The Hall–Kier alpha value is -1.84. The van der Waals surface area contributed by atoms with E-state index in [0.717, 1.165) is 10.9 Å². The van der Waals surface area contributed by atoms with E-state index in [1.54, 1.807) is 0 Å². The largest absolute Gasteiger partial charge is 0.461 e. The maximum absolute atomic E-state index is 12.1. The quantitative estimate of drug-likeness (QED) is 0.791. The van der Waals surface area contributed by atoms with Gasteiger partial charge < -0.3 is 4.74 Å². The first kappa shape index (κ1) is 13.6. The molecular weight excluding hydrogens is 240 g/mol. The van der Waals surface area contributed by atoms with Crippen LogP contribution in [0.15, 0.2) is 24.3 Å². The van der Waals surface area contributed by atoms with Gasteiger partial charge in [-0.3, -0.25) is 4.68 Å². The lowest BCUT2D eigenvalue weighted by Gasteiger charge is -2.06. The predicted octanol–water partition coefficient (Wildman–Crippen LogP) is 3.43. The van der Waals surface area contributed by atoms with Crippen molar-refractivity contribution in [3.05, 3.63) is 30.0 Å². The van der Waals surface area contributed by atoms with Crippen molar-refractivity contribution in [1.82, 2.24) is 9.78 Å². The van der Waals surface area contributed by atoms with Crippen molar-refractivity contribution in [2.45, 2.75) is 33.7 Å². The minimum atomic E-state index is -0.343. The van der Waals surface area contributed by atoms with Crippen LogP contribution in [0.4, 0.5) is 0 Å². The van der Waals surface area contributed by atoms with Crippen LogP contribution in [0.5, 0.6) is 0 Å². The number of para-hydroxylation sites is 1. The fourth-order valence-corrected chi connectivity index (χ4v) is 1.94. The summed E-state index contributed by atoms with van der Waals surface area (Å²) in [6.45, 7) is 8.53. The summed E-state index contributed by atoms with van der Waals surface area (Å²) in [5, 5.41) is 5.26. The molecule has 0 saturated carbocycles. The molecule has 0 radical (unpaired) electrons. The molecule has 19 heavy (non-hydrogen) atoms. The lowest BCUT2D eigenvalue weighted by molar-refractivity contribution is 0.0453. The van der Waals surface area contributed by atoms with Gasteiger partial charge in [0.15, 0.2) is 5.69 Å². The van der Waals surface area contributed by atoms with E-state index in [9.17, 15) is 4.79 Å².